The van der Waals surface area contributed by atoms with Crippen molar-refractivity contribution in [3.63, 3.8) is 0 Å². The van der Waals surface area contributed by atoms with E-state index in [9.17, 15) is 14.9 Å². The number of aryl methyl sites for hydroxylation is 2. The molecular weight excluding hydrogens is 276 g/mol. The van der Waals surface area contributed by atoms with Crippen LogP contribution in [0.25, 0.3) is 0 Å². The van der Waals surface area contributed by atoms with Crippen molar-refractivity contribution in [1.82, 2.24) is 9.78 Å². The average Bonchev–Trinajstić information content (AvgIpc) is 2.64. The first-order chi connectivity index (χ1) is 9.77. The van der Waals surface area contributed by atoms with Crippen LogP contribution in [0.5, 0.6) is 0 Å². The van der Waals surface area contributed by atoms with Crippen molar-refractivity contribution in [3.8, 4) is 0 Å². The zero-order valence-corrected chi connectivity index (χ0v) is 12.9. The number of nitrogens with zero attached hydrogens (tertiary/aromatic N) is 4. The lowest BCUT2D eigenvalue weighted by Crippen LogP contribution is -2.34. The first kappa shape index (κ1) is 16.9. The quantitative estimate of drug-likeness (QED) is 0.580. The summed E-state index contributed by atoms with van der Waals surface area (Å²) in [6, 6.07) is 0. The van der Waals surface area contributed by atoms with Gasteiger partial charge in [0.05, 0.1) is 4.92 Å². The highest BCUT2D eigenvalue weighted by Crippen LogP contribution is 2.32. The Morgan fingerprint density at radius 1 is 1.52 bits per heavy atom. The highest BCUT2D eigenvalue weighted by atomic mass is 16.6. The molecule has 0 aliphatic heterocycles. The van der Waals surface area contributed by atoms with Gasteiger partial charge in [0.15, 0.2) is 0 Å². The molecule has 1 rings (SSSR count). The first-order valence-electron chi connectivity index (χ1n) is 6.94. The minimum Gasteiger partial charge on any atom is -0.480 e. The van der Waals surface area contributed by atoms with Crippen LogP contribution in [0.2, 0.25) is 0 Å². The van der Waals surface area contributed by atoms with Crippen LogP contribution < -0.4 is 4.90 Å². The summed E-state index contributed by atoms with van der Waals surface area (Å²) in [6.07, 6.45) is 1.23. The molecule has 8 nitrogen and oxygen atoms in total. The maximum atomic E-state index is 11.4. The van der Waals surface area contributed by atoms with Crippen LogP contribution >= 0.6 is 0 Å². The van der Waals surface area contributed by atoms with Crippen molar-refractivity contribution < 1.29 is 14.8 Å². The normalized spacial score (nSPS) is 10.9. The fourth-order valence-electron chi connectivity index (χ4n) is 2.33. The Bertz CT molecular complexity index is 524. The molecule has 0 fully saturated rings. The van der Waals surface area contributed by atoms with Crippen molar-refractivity contribution in [2.45, 2.75) is 33.6 Å². The van der Waals surface area contributed by atoms with Crippen LogP contribution in [0.1, 0.15) is 32.9 Å². The number of hydrogen-bond acceptors (Lipinski definition) is 5. The second-order valence-electron chi connectivity index (χ2n) is 5.42. The van der Waals surface area contributed by atoms with Gasteiger partial charge >= 0.3 is 11.7 Å². The van der Waals surface area contributed by atoms with Gasteiger partial charge in [0.2, 0.25) is 5.82 Å². The third-order valence-corrected chi connectivity index (χ3v) is 2.94. The number of aliphatic carboxylic acids is 1. The molecule has 0 unspecified atom stereocenters. The van der Waals surface area contributed by atoms with Crippen LogP contribution in [0, 0.1) is 16.0 Å². The Kier molecular flexibility index (Phi) is 5.69. The summed E-state index contributed by atoms with van der Waals surface area (Å²) >= 11 is 0. The van der Waals surface area contributed by atoms with Gasteiger partial charge in [0.25, 0.3) is 0 Å². The summed E-state index contributed by atoms with van der Waals surface area (Å²) in [4.78, 5) is 23.5. The van der Waals surface area contributed by atoms with E-state index in [1.807, 2.05) is 20.8 Å². The predicted octanol–water partition coefficient (Wildman–Crippen LogP) is 1.83. The topological polar surface area (TPSA) is 102 Å². The van der Waals surface area contributed by atoms with Gasteiger partial charge in [-0.05, 0) is 12.3 Å². The van der Waals surface area contributed by atoms with Gasteiger partial charge in [-0.15, -0.1) is 0 Å². The number of hydrogen-bond donors (Lipinski definition) is 1. The Labute approximate surface area is 123 Å². The molecule has 1 N–H and O–H groups in total. The van der Waals surface area contributed by atoms with E-state index in [0.717, 1.165) is 6.42 Å². The summed E-state index contributed by atoms with van der Waals surface area (Å²) < 4.78 is 1.41. The smallest absolute Gasteiger partial charge is 0.334 e. The van der Waals surface area contributed by atoms with Gasteiger partial charge in [0.1, 0.15) is 12.2 Å². The van der Waals surface area contributed by atoms with Crippen molar-refractivity contribution in [3.05, 3.63) is 15.8 Å². The number of carboxylic acids is 1. The maximum absolute atomic E-state index is 11.4. The number of aromatic nitrogens is 2. The van der Waals surface area contributed by atoms with Gasteiger partial charge in [-0.1, -0.05) is 27.2 Å². The van der Waals surface area contributed by atoms with Crippen molar-refractivity contribution in [2.24, 2.45) is 13.0 Å². The molecule has 0 radical (unpaired) electrons. The molecule has 1 aromatic rings. The predicted molar refractivity (Wildman–Crippen MR) is 78.5 cm³/mol. The lowest BCUT2D eigenvalue weighted by molar-refractivity contribution is -0.384. The number of carboxylic acid groups (broad SMARTS) is 1. The molecule has 8 heteroatoms. The van der Waals surface area contributed by atoms with E-state index >= 15 is 0 Å². The van der Waals surface area contributed by atoms with Crippen molar-refractivity contribution in [1.29, 1.82) is 0 Å². The van der Waals surface area contributed by atoms with Crippen LogP contribution in [0.4, 0.5) is 11.5 Å². The zero-order chi connectivity index (χ0) is 16.2. The molecule has 0 spiro atoms. The van der Waals surface area contributed by atoms with E-state index in [-0.39, 0.29) is 24.0 Å². The van der Waals surface area contributed by atoms with Crippen LogP contribution in [0.15, 0.2) is 0 Å². The molecule has 21 heavy (non-hydrogen) atoms. The van der Waals surface area contributed by atoms with Crippen LogP contribution in [-0.2, 0) is 18.3 Å². The molecule has 1 heterocycles. The van der Waals surface area contributed by atoms with Crippen molar-refractivity contribution >= 4 is 17.5 Å². The largest absolute Gasteiger partial charge is 0.480 e. The highest BCUT2D eigenvalue weighted by Gasteiger charge is 2.31. The van der Waals surface area contributed by atoms with Crippen LogP contribution in [-0.4, -0.2) is 38.9 Å². The van der Waals surface area contributed by atoms with Crippen LogP contribution in [0.3, 0.4) is 0 Å². The van der Waals surface area contributed by atoms with Gasteiger partial charge in [-0.3, -0.25) is 14.9 Å². The van der Waals surface area contributed by atoms with E-state index in [1.165, 1.54) is 9.58 Å². The number of carbonyl (C=O) groups is 1. The van der Waals surface area contributed by atoms with Crippen molar-refractivity contribution in [2.75, 3.05) is 18.0 Å². The average molecular weight is 298 g/mol. The standard InChI is InChI=1S/C13H22N4O4/c1-5-6-10-12(17(20)21)13(15(4)14-10)16(7-9(2)3)8-11(18)19/h9H,5-8H2,1-4H3,(H,18,19). The Hall–Kier alpha value is -2.12. The fraction of sp³-hybridized carbons (Fsp3) is 0.692. The molecule has 1 aromatic heterocycles. The SMILES string of the molecule is CCCc1nn(C)c(N(CC(=O)O)CC(C)C)c1[N+](=O)[O-]. The molecule has 0 aromatic carbocycles. The third-order valence-electron chi connectivity index (χ3n) is 2.94. The molecule has 0 saturated carbocycles. The monoisotopic (exact) mass is 298 g/mol. The molecule has 0 atom stereocenters. The second-order valence-corrected chi connectivity index (χ2v) is 5.42. The summed E-state index contributed by atoms with van der Waals surface area (Å²) in [7, 11) is 1.61. The Morgan fingerprint density at radius 2 is 2.14 bits per heavy atom. The van der Waals surface area contributed by atoms with Gasteiger partial charge in [-0.2, -0.15) is 5.10 Å². The summed E-state index contributed by atoms with van der Waals surface area (Å²) in [5.41, 5.74) is 0.320. The second kappa shape index (κ2) is 7.05. The molecule has 0 aliphatic rings. The molecule has 0 saturated heterocycles. The highest BCUT2D eigenvalue weighted by molar-refractivity contribution is 5.75. The fourth-order valence-corrected chi connectivity index (χ4v) is 2.33. The summed E-state index contributed by atoms with van der Waals surface area (Å²) in [6.45, 7) is 5.91. The number of rotatable bonds is 8. The Balaban J connectivity index is 3.34. The maximum Gasteiger partial charge on any atom is 0.334 e. The van der Waals surface area contributed by atoms with Gasteiger partial charge in [0, 0.05) is 13.6 Å². The lowest BCUT2D eigenvalue weighted by atomic mass is 10.2. The van der Waals surface area contributed by atoms with E-state index in [0.29, 0.717) is 18.7 Å². The molecular formula is C13H22N4O4. The summed E-state index contributed by atoms with van der Waals surface area (Å²) in [5, 5.41) is 24.6. The first-order valence-corrected chi connectivity index (χ1v) is 6.94. The third kappa shape index (κ3) is 4.17. The van der Waals surface area contributed by atoms with E-state index < -0.39 is 10.9 Å². The van der Waals surface area contributed by atoms with E-state index in [1.54, 1.807) is 7.05 Å². The molecule has 0 amide bonds. The van der Waals surface area contributed by atoms with Gasteiger partial charge < -0.3 is 10.0 Å². The van der Waals surface area contributed by atoms with E-state index in [4.69, 9.17) is 5.11 Å². The van der Waals surface area contributed by atoms with Gasteiger partial charge in [-0.25, -0.2) is 4.68 Å². The number of anilines is 1. The Morgan fingerprint density at radius 3 is 2.57 bits per heavy atom. The molecule has 0 aliphatic carbocycles. The van der Waals surface area contributed by atoms with E-state index in [2.05, 4.69) is 5.10 Å². The molecule has 118 valence electrons. The summed E-state index contributed by atoms with van der Waals surface area (Å²) in [5.74, 6) is -0.587. The zero-order valence-electron chi connectivity index (χ0n) is 12.9. The molecule has 0 bridgehead atoms. The lowest BCUT2D eigenvalue weighted by Gasteiger charge is -2.23. The minimum atomic E-state index is -1.02. The minimum absolute atomic E-state index is 0.0822. The number of nitro groups is 1.